The Bertz CT molecular complexity index is 1080. The van der Waals surface area contributed by atoms with Crippen LogP contribution < -0.4 is 0 Å². The minimum absolute atomic E-state index is 0.0674. The third-order valence-corrected chi connectivity index (χ3v) is 17.5. The van der Waals surface area contributed by atoms with E-state index in [2.05, 4.69) is 45.0 Å². The number of unbranched alkanes of at least 4 members (excludes halogenated alkanes) is 7. The molecule has 294 valence electrons. The molecule has 12 heteroatoms. The van der Waals surface area contributed by atoms with Crippen molar-refractivity contribution in [3.8, 4) is 0 Å². The molecule has 1 saturated heterocycles. The number of carbonyl (C=O) groups excluding carboxylic acids is 1. The Morgan fingerprint density at radius 2 is 1.51 bits per heavy atom. The van der Waals surface area contributed by atoms with Crippen LogP contribution >= 0.6 is 43.0 Å². The van der Waals surface area contributed by atoms with E-state index in [1.54, 1.807) is 23.5 Å². The highest BCUT2D eigenvalue weighted by atomic mass is 32.2. The van der Waals surface area contributed by atoms with Gasteiger partial charge in [0.15, 0.2) is 6.29 Å². The van der Waals surface area contributed by atoms with Gasteiger partial charge in [-0.15, -0.1) is 11.8 Å². The fraction of sp³-hybridized carbons (Fsp3) is 0.795. The second-order valence-corrected chi connectivity index (χ2v) is 22.5. The van der Waals surface area contributed by atoms with Gasteiger partial charge in [-0.05, 0) is 62.8 Å². The van der Waals surface area contributed by atoms with Gasteiger partial charge in [-0.1, -0.05) is 101 Å². The van der Waals surface area contributed by atoms with Gasteiger partial charge < -0.3 is 34.6 Å². The van der Waals surface area contributed by atoms with Crippen molar-refractivity contribution in [3.63, 3.8) is 0 Å². The molecule has 1 aliphatic rings. The molecule has 0 spiro atoms. The van der Waals surface area contributed by atoms with Crippen LogP contribution in [0.3, 0.4) is 0 Å². The minimum Gasteiger partial charge on any atom is -0.462 e. The first-order valence-electron chi connectivity index (χ1n) is 19.3. The van der Waals surface area contributed by atoms with E-state index >= 15 is 0 Å². The van der Waals surface area contributed by atoms with Crippen molar-refractivity contribution in [2.45, 2.75) is 159 Å². The SMILES string of the molecule is CCCCCC[P+](CCCCCC)(CCCO[C@H]1OC(CO)[C@@H](O)[C@H](O)C1O)Cc1ccc(C(CC(C)(C)OC=O)SC(=S)SCCCC)cc1. The van der Waals surface area contributed by atoms with E-state index in [0.717, 1.165) is 40.9 Å². The van der Waals surface area contributed by atoms with Crippen LogP contribution in [0.2, 0.25) is 0 Å². The summed E-state index contributed by atoms with van der Waals surface area (Å²) in [6, 6.07) is 9.07. The lowest BCUT2D eigenvalue weighted by atomic mass is 9.97. The van der Waals surface area contributed by atoms with Gasteiger partial charge >= 0.3 is 0 Å². The highest BCUT2D eigenvalue weighted by molar-refractivity contribution is 8.47. The van der Waals surface area contributed by atoms with Crippen LogP contribution in [0.1, 0.15) is 128 Å². The molecule has 1 aromatic carbocycles. The van der Waals surface area contributed by atoms with Crippen LogP contribution in [0.4, 0.5) is 0 Å². The number of thioether (sulfide) groups is 2. The molecule has 51 heavy (non-hydrogen) atoms. The summed E-state index contributed by atoms with van der Waals surface area (Å²) >= 11 is 9.22. The molecular weight excluding hydrogens is 724 g/mol. The number of hydrogen-bond donors (Lipinski definition) is 4. The zero-order valence-electron chi connectivity index (χ0n) is 31.9. The summed E-state index contributed by atoms with van der Waals surface area (Å²) in [5.41, 5.74) is 1.92. The summed E-state index contributed by atoms with van der Waals surface area (Å²) in [6.07, 6.45) is 11.8. The summed E-state index contributed by atoms with van der Waals surface area (Å²) in [7, 11) is -1.44. The lowest BCUT2D eigenvalue weighted by Crippen LogP contribution is -2.59. The summed E-state index contributed by atoms with van der Waals surface area (Å²) in [6.45, 7) is 11.0. The highest BCUT2D eigenvalue weighted by Gasteiger charge is 2.44. The van der Waals surface area contributed by atoms with Gasteiger partial charge in [0.2, 0.25) is 0 Å². The van der Waals surface area contributed by atoms with E-state index in [0.29, 0.717) is 19.5 Å². The van der Waals surface area contributed by atoms with Crippen molar-refractivity contribution in [2.75, 3.05) is 37.5 Å². The van der Waals surface area contributed by atoms with Gasteiger partial charge in [-0.25, -0.2) is 0 Å². The van der Waals surface area contributed by atoms with Crippen LogP contribution in [0.25, 0.3) is 0 Å². The highest BCUT2D eigenvalue weighted by Crippen LogP contribution is 2.63. The van der Waals surface area contributed by atoms with E-state index in [9.17, 15) is 25.2 Å². The van der Waals surface area contributed by atoms with E-state index < -0.39 is 50.2 Å². The van der Waals surface area contributed by atoms with Crippen molar-refractivity contribution in [1.29, 1.82) is 0 Å². The largest absolute Gasteiger partial charge is 0.462 e. The average molecular weight is 792 g/mol. The predicted molar refractivity (Wildman–Crippen MR) is 220 cm³/mol. The molecule has 2 rings (SSSR count). The first-order chi connectivity index (χ1) is 24.4. The van der Waals surface area contributed by atoms with Crippen LogP contribution in [0.15, 0.2) is 24.3 Å². The second-order valence-electron chi connectivity index (χ2n) is 14.7. The van der Waals surface area contributed by atoms with Gasteiger partial charge in [-0.2, -0.15) is 0 Å². The molecule has 3 unspecified atom stereocenters. The normalized spacial score (nSPS) is 21.8. The maximum atomic E-state index is 11.3. The van der Waals surface area contributed by atoms with Crippen molar-refractivity contribution in [1.82, 2.24) is 0 Å². The van der Waals surface area contributed by atoms with Gasteiger partial charge in [0.05, 0.1) is 37.9 Å². The lowest BCUT2D eigenvalue weighted by Gasteiger charge is -2.39. The third kappa shape index (κ3) is 17.3. The number of rotatable bonds is 27. The second kappa shape index (κ2) is 25.7. The molecule has 0 aromatic heterocycles. The molecule has 0 amide bonds. The number of aliphatic hydroxyl groups excluding tert-OH is 4. The zero-order chi connectivity index (χ0) is 37.7. The smallest absolute Gasteiger partial charge is 0.293 e. The van der Waals surface area contributed by atoms with Crippen LogP contribution in [0.5, 0.6) is 0 Å². The van der Waals surface area contributed by atoms with E-state index in [1.165, 1.54) is 74.8 Å². The minimum atomic E-state index is -1.44. The zero-order valence-corrected chi connectivity index (χ0v) is 35.2. The Hall–Kier alpha value is -0.330. The standard InChI is InChI=1S/C39H68O8PS3/c1-6-9-12-14-22-48(23-15-13-10-7-2,24-16-21-45-37-36(44)35(43)34(42)32(27-40)47-37)28-30-17-19-31(20-18-30)33(26-39(4,5)46-29-41)51-38(49)50-25-11-8-3/h17-20,29,32-37,40,42-44H,6-16,21-28H2,1-5H3/q+1/t32?,33?,34-,35+,36?,37+/m1/s1. The van der Waals surface area contributed by atoms with Crippen LogP contribution in [0, 0.1) is 0 Å². The lowest BCUT2D eigenvalue weighted by molar-refractivity contribution is -0.300. The number of hydrogen-bond acceptors (Lipinski definition) is 11. The first kappa shape index (κ1) is 46.8. The Balaban J connectivity index is 2.28. The molecule has 4 N–H and O–H groups in total. The Morgan fingerprint density at radius 3 is 2.08 bits per heavy atom. The topological polar surface area (TPSA) is 126 Å². The van der Waals surface area contributed by atoms with Gasteiger partial charge in [-0.3, -0.25) is 4.79 Å². The van der Waals surface area contributed by atoms with Crippen LogP contribution in [-0.4, -0.2) is 104 Å². The number of carbonyl (C=O) groups is 1. The molecule has 0 radical (unpaired) electrons. The first-order valence-corrected chi connectivity index (χ1v) is 24.1. The van der Waals surface area contributed by atoms with Gasteiger partial charge in [0.25, 0.3) is 6.47 Å². The Morgan fingerprint density at radius 1 is 0.902 bits per heavy atom. The van der Waals surface area contributed by atoms with Crippen molar-refractivity contribution >= 4 is 53.0 Å². The maximum absolute atomic E-state index is 11.3. The predicted octanol–water partition coefficient (Wildman–Crippen LogP) is 8.51. The fourth-order valence-electron chi connectivity index (χ4n) is 6.65. The number of ether oxygens (including phenoxy) is 3. The van der Waals surface area contributed by atoms with Crippen LogP contribution in [-0.2, 0) is 25.2 Å². The molecule has 1 heterocycles. The van der Waals surface area contributed by atoms with Crippen molar-refractivity contribution in [3.05, 3.63) is 35.4 Å². The monoisotopic (exact) mass is 791 g/mol. The summed E-state index contributed by atoms with van der Waals surface area (Å²) < 4.78 is 18.0. The maximum Gasteiger partial charge on any atom is 0.293 e. The van der Waals surface area contributed by atoms with Crippen molar-refractivity contribution < 1.29 is 39.4 Å². The molecular formula is C39H68O8PS3+. The third-order valence-electron chi connectivity index (χ3n) is 9.75. The van der Waals surface area contributed by atoms with Crippen molar-refractivity contribution in [2.24, 2.45) is 0 Å². The molecule has 1 aromatic rings. The Labute approximate surface area is 323 Å². The van der Waals surface area contributed by atoms with E-state index in [1.807, 2.05) is 13.8 Å². The summed E-state index contributed by atoms with van der Waals surface area (Å²) in [5.74, 6) is 1.01. The van der Waals surface area contributed by atoms with E-state index in [4.69, 9.17) is 26.4 Å². The number of thiocarbonyl (C=S) groups is 1. The quantitative estimate of drug-likeness (QED) is 0.0297. The molecule has 1 fully saturated rings. The molecule has 0 bridgehead atoms. The summed E-state index contributed by atoms with van der Waals surface area (Å²) in [5, 5.41) is 40.5. The molecule has 8 nitrogen and oxygen atoms in total. The molecule has 0 saturated carbocycles. The summed E-state index contributed by atoms with van der Waals surface area (Å²) in [4.78, 5) is 11.3. The molecule has 0 aliphatic carbocycles. The molecule has 6 atom stereocenters. The Kier molecular flexibility index (Phi) is 23.6. The average Bonchev–Trinajstić information content (AvgIpc) is 3.10. The fourth-order valence-corrected chi connectivity index (χ4v) is 14.5. The number of aliphatic hydroxyl groups is 4. The van der Waals surface area contributed by atoms with Gasteiger partial charge in [0.1, 0.15) is 33.5 Å². The number of benzene rings is 1. The van der Waals surface area contributed by atoms with E-state index in [-0.39, 0.29) is 5.25 Å². The van der Waals surface area contributed by atoms with Gasteiger partial charge in [0, 0.05) is 25.4 Å². The molecule has 1 aliphatic heterocycles.